The van der Waals surface area contributed by atoms with Crippen LogP contribution >= 0.6 is 0 Å². The fourth-order valence-corrected chi connectivity index (χ4v) is 3.60. The Bertz CT molecular complexity index is 364. The first-order chi connectivity index (χ1) is 10.1. The highest BCUT2D eigenvalue weighted by Gasteiger charge is 2.41. The molecule has 2 amide bonds. The molecule has 0 aromatic carbocycles. The molecule has 0 aromatic heterocycles. The summed E-state index contributed by atoms with van der Waals surface area (Å²) in [6.45, 7) is 6.74. The van der Waals surface area contributed by atoms with Gasteiger partial charge in [-0.25, -0.2) is 4.79 Å². The third kappa shape index (κ3) is 3.49. The smallest absolute Gasteiger partial charge is 0.317 e. The summed E-state index contributed by atoms with van der Waals surface area (Å²) in [4.78, 5) is 14.2. The highest BCUT2D eigenvalue weighted by atomic mass is 16.7. The Morgan fingerprint density at radius 3 is 2.24 bits per heavy atom. The molecule has 3 fully saturated rings. The molecule has 120 valence electrons. The van der Waals surface area contributed by atoms with Gasteiger partial charge >= 0.3 is 6.03 Å². The first-order valence-electron chi connectivity index (χ1n) is 8.05. The fourth-order valence-electron chi connectivity index (χ4n) is 3.60. The van der Waals surface area contributed by atoms with Gasteiger partial charge < -0.3 is 24.4 Å². The Hall–Kier alpha value is -0.850. The summed E-state index contributed by atoms with van der Waals surface area (Å²) < 4.78 is 17.1. The predicted molar refractivity (Wildman–Crippen MR) is 77.0 cm³/mol. The van der Waals surface area contributed by atoms with Crippen LogP contribution in [-0.2, 0) is 14.2 Å². The minimum atomic E-state index is -0.358. The summed E-state index contributed by atoms with van der Waals surface area (Å²) >= 11 is 0. The van der Waals surface area contributed by atoms with Crippen molar-refractivity contribution in [3.05, 3.63) is 0 Å². The zero-order valence-electron chi connectivity index (χ0n) is 13.0. The van der Waals surface area contributed by atoms with Gasteiger partial charge in [0, 0.05) is 32.0 Å². The number of ether oxygens (including phenoxy) is 3. The number of morpholine rings is 1. The highest BCUT2D eigenvalue weighted by Crippen LogP contribution is 2.35. The maximum absolute atomic E-state index is 12.4. The summed E-state index contributed by atoms with van der Waals surface area (Å²) in [5, 5.41) is 3.16. The number of urea groups is 1. The third-order valence-corrected chi connectivity index (χ3v) is 4.60. The number of nitrogens with zero attached hydrogens (tertiary/aromatic N) is 1. The Labute approximate surface area is 126 Å². The molecule has 2 saturated heterocycles. The van der Waals surface area contributed by atoms with Crippen LogP contribution in [0.3, 0.4) is 0 Å². The molecule has 6 nitrogen and oxygen atoms in total. The van der Waals surface area contributed by atoms with Crippen molar-refractivity contribution in [2.75, 3.05) is 26.3 Å². The number of hydrogen-bond donors (Lipinski definition) is 1. The third-order valence-electron chi connectivity index (χ3n) is 4.60. The molecule has 2 unspecified atom stereocenters. The molecule has 1 spiro atoms. The van der Waals surface area contributed by atoms with E-state index in [0.717, 1.165) is 25.7 Å². The summed E-state index contributed by atoms with van der Waals surface area (Å²) in [7, 11) is 0. The van der Waals surface area contributed by atoms with Crippen molar-refractivity contribution in [1.29, 1.82) is 0 Å². The van der Waals surface area contributed by atoms with Crippen LogP contribution in [0.15, 0.2) is 0 Å². The maximum atomic E-state index is 12.4. The Morgan fingerprint density at radius 1 is 1.10 bits per heavy atom. The first kappa shape index (κ1) is 15.1. The van der Waals surface area contributed by atoms with Gasteiger partial charge in [-0.3, -0.25) is 0 Å². The van der Waals surface area contributed by atoms with E-state index in [1.807, 2.05) is 18.7 Å². The molecule has 1 saturated carbocycles. The van der Waals surface area contributed by atoms with Gasteiger partial charge in [0.25, 0.3) is 0 Å². The van der Waals surface area contributed by atoms with Gasteiger partial charge in [-0.1, -0.05) is 0 Å². The van der Waals surface area contributed by atoms with Crippen molar-refractivity contribution >= 4 is 6.03 Å². The monoisotopic (exact) mass is 298 g/mol. The van der Waals surface area contributed by atoms with Crippen molar-refractivity contribution in [3.8, 4) is 0 Å². The average molecular weight is 298 g/mol. The van der Waals surface area contributed by atoms with E-state index < -0.39 is 0 Å². The molecule has 3 aliphatic rings. The van der Waals surface area contributed by atoms with Gasteiger partial charge in [-0.05, 0) is 26.7 Å². The number of rotatable bonds is 1. The van der Waals surface area contributed by atoms with Crippen LogP contribution in [0.1, 0.15) is 39.5 Å². The molecule has 2 heterocycles. The highest BCUT2D eigenvalue weighted by molar-refractivity contribution is 5.74. The zero-order valence-corrected chi connectivity index (χ0v) is 13.0. The number of carbonyl (C=O) groups excluding carboxylic acids is 1. The lowest BCUT2D eigenvalue weighted by molar-refractivity contribution is -0.179. The van der Waals surface area contributed by atoms with E-state index >= 15 is 0 Å². The average Bonchev–Trinajstić information content (AvgIpc) is 2.89. The van der Waals surface area contributed by atoms with Gasteiger partial charge in [-0.15, -0.1) is 0 Å². The van der Waals surface area contributed by atoms with Crippen molar-refractivity contribution in [2.45, 2.75) is 63.6 Å². The van der Waals surface area contributed by atoms with Gasteiger partial charge in [0.1, 0.15) is 0 Å². The van der Waals surface area contributed by atoms with Gasteiger partial charge in [0.15, 0.2) is 5.79 Å². The lowest BCUT2D eigenvalue weighted by atomic mass is 9.90. The van der Waals surface area contributed by atoms with Crippen LogP contribution in [0.4, 0.5) is 4.79 Å². The molecule has 1 aliphatic carbocycles. The number of nitrogens with one attached hydrogen (secondary N) is 1. The van der Waals surface area contributed by atoms with Crippen LogP contribution < -0.4 is 5.32 Å². The molecular formula is C15H26N2O4. The minimum absolute atomic E-state index is 0.0335. The number of amides is 2. The largest absolute Gasteiger partial charge is 0.372 e. The first-order valence-corrected chi connectivity index (χ1v) is 8.05. The number of carbonyl (C=O) groups is 1. The molecule has 1 N–H and O–H groups in total. The van der Waals surface area contributed by atoms with E-state index in [1.165, 1.54) is 0 Å². The minimum Gasteiger partial charge on any atom is -0.372 e. The standard InChI is InChI=1S/C15H26N2O4/c1-11-9-17(10-12(2)21-11)14(18)16-13-3-5-15(6-4-13)19-7-8-20-15/h11-13H,3-10H2,1-2H3,(H,16,18). The van der Waals surface area contributed by atoms with E-state index in [1.54, 1.807) is 0 Å². The Morgan fingerprint density at radius 2 is 1.67 bits per heavy atom. The van der Waals surface area contributed by atoms with Crippen molar-refractivity contribution in [1.82, 2.24) is 10.2 Å². The summed E-state index contributed by atoms with van der Waals surface area (Å²) in [5.74, 6) is -0.358. The molecule has 0 aromatic rings. The predicted octanol–water partition coefficient (Wildman–Crippen LogP) is 1.49. The Balaban J connectivity index is 1.47. The molecular weight excluding hydrogens is 272 g/mol. The molecule has 0 radical (unpaired) electrons. The maximum Gasteiger partial charge on any atom is 0.317 e. The summed E-state index contributed by atoms with van der Waals surface area (Å²) in [6, 6.07) is 0.260. The summed E-state index contributed by atoms with van der Waals surface area (Å²) in [6.07, 6.45) is 3.79. The zero-order chi connectivity index (χ0) is 14.9. The summed E-state index contributed by atoms with van der Waals surface area (Å²) in [5.41, 5.74) is 0. The van der Waals surface area contributed by atoms with Crippen LogP contribution in [0.5, 0.6) is 0 Å². The molecule has 6 heteroatoms. The number of hydrogen-bond acceptors (Lipinski definition) is 4. The quantitative estimate of drug-likeness (QED) is 0.797. The molecule has 2 atom stereocenters. The fraction of sp³-hybridized carbons (Fsp3) is 0.933. The topological polar surface area (TPSA) is 60.0 Å². The second kappa shape index (κ2) is 6.10. The van der Waals surface area contributed by atoms with Crippen molar-refractivity contribution in [3.63, 3.8) is 0 Å². The normalized spacial score (nSPS) is 33.3. The molecule has 21 heavy (non-hydrogen) atoms. The second-order valence-corrected chi connectivity index (χ2v) is 6.49. The van der Waals surface area contributed by atoms with E-state index in [4.69, 9.17) is 14.2 Å². The van der Waals surface area contributed by atoms with E-state index in [0.29, 0.717) is 26.3 Å². The lowest BCUT2D eigenvalue weighted by Gasteiger charge is -2.38. The molecule has 2 aliphatic heterocycles. The second-order valence-electron chi connectivity index (χ2n) is 6.49. The van der Waals surface area contributed by atoms with Crippen LogP contribution in [0.25, 0.3) is 0 Å². The van der Waals surface area contributed by atoms with Crippen LogP contribution in [0, 0.1) is 0 Å². The Kier molecular flexibility index (Phi) is 4.38. The van der Waals surface area contributed by atoms with Crippen molar-refractivity contribution < 1.29 is 19.0 Å². The van der Waals surface area contributed by atoms with Crippen LogP contribution in [-0.4, -0.2) is 61.3 Å². The SMILES string of the molecule is CC1CN(C(=O)NC2CCC3(CC2)OCCO3)CC(C)O1. The van der Waals surface area contributed by atoms with Crippen LogP contribution in [0.2, 0.25) is 0 Å². The van der Waals surface area contributed by atoms with Gasteiger partial charge in [0.05, 0.1) is 25.4 Å². The molecule has 0 bridgehead atoms. The van der Waals surface area contributed by atoms with E-state index in [2.05, 4.69) is 5.32 Å². The van der Waals surface area contributed by atoms with Crippen molar-refractivity contribution in [2.24, 2.45) is 0 Å². The molecule has 3 rings (SSSR count). The lowest BCUT2D eigenvalue weighted by Crippen LogP contribution is -2.54. The van der Waals surface area contributed by atoms with Gasteiger partial charge in [0.2, 0.25) is 0 Å². The van der Waals surface area contributed by atoms with E-state index in [9.17, 15) is 4.79 Å². The van der Waals surface area contributed by atoms with Gasteiger partial charge in [-0.2, -0.15) is 0 Å². The van der Waals surface area contributed by atoms with E-state index in [-0.39, 0.29) is 30.1 Å².